The van der Waals surface area contributed by atoms with Gasteiger partial charge in [0.25, 0.3) is 5.91 Å². The summed E-state index contributed by atoms with van der Waals surface area (Å²) in [5, 5.41) is 6.09. The van der Waals surface area contributed by atoms with Crippen molar-refractivity contribution in [2.75, 3.05) is 12.4 Å². The molecule has 2 unspecified atom stereocenters. The molecule has 4 heteroatoms. The Labute approximate surface area is 108 Å². The van der Waals surface area contributed by atoms with E-state index >= 15 is 0 Å². The largest absolute Gasteiger partial charge is 0.373 e. The lowest BCUT2D eigenvalue weighted by atomic mass is 9.86. The van der Waals surface area contributed by atoms with Gasteiger partial charge in [-0.05, 0) is 30.9 Å². The monoisotopic (exact) mass is 247 g/mol. The van der Waals surface area contributed by atoms with Crippen molar-refractivity contribution in [1.29, 1.82) is 0 Å². The molecule has 1 aromatic heterocycles. The molecule has 18 heavy (non-hydrogen) atoms. The average Bonchev–Trinajstić information content (AvgIpc) is 2.41. The molecule has 0 radical (unpaired) electrons. The molecule has 2 rings (SSSR count). The second kappa shape index (κ2) is 5.85. The lowest BCUT2D eigenvalue weighted by molar-refractivity contribution is 0.0910. The molecule has 0 aliphatic heterocycles. The molecule has 0 aromatic carbocycles. The van der Waals surface area contributed by atoms with Crippen LogP contribution in [0.15, 0.2) is 18.3 Å². The number of hydrogen-bond acceptors (Lipinski definition) is 3. The topological polar surface area (TPSA) is 54.0 Å². The van der Waals surface area contributed by atoms with Crippen LogP contribution in [0.2, 0.25) is 0 Å². The molecule has 1 fully saturated rings. The highest BCUT2D eigenvalue weighted by molar-refractivity contribution is 5.95. The number of aromatic nitrogens is 1. The molecule has 2 N–H and O–H groups in total. The van der Waals surface area contributed by atoms with Gasteiger partial charge in [-0.1, -0.05) is 19.8 Å². The highest BCUT2D eigenvalue weighted by atomic mass is 16.1. The number of anilines is 1. The second-order valence-electron chi connectivity index (χ2n) is 5.02. The number of hydrogen-bond donors (Lipinski definition) is 2. The van der Waals surface area contributed by atoms with Crippen molar-refractivity contribution in [3.63, 3.8) is 0 Å². The van der Waals surface area contributed by atoms with E-state index in [9.17, 15) is 4.79 Å². The van der Waals surface area contributed by atoms with E-state index < -0.39 is 0 Å². The molecular formula is C14H21N3O. The van der Waals surface area contributed by atoms with Gasteiger partial charge in [0.05, 0.1) is 0 Å². The Bertz CT molecular complexity index is 419. The van der Waals surface area contributed by atoms with Crippen molar-refractivity contribution < 1.29 is 4.79 Å². The van der Waals surface area contributed by atoms with Crippen LogP contribution in [0.3, 0.4) is 0 Å². The van der Waals surface area contributed by atoms with Crippen molar-refractivity contribution >= 4 is 11.7 Å². The standard InChI is InChI=1S/C14H21N3O/c1-10-5-3-4-6-12(10)17-14(18)11-7-8-16-13(9-11)15-2/h7-10,12H,3-6H2,1-2H3,(H,15,16)(H,17,18). The Morgan fingerprint density at radius 3 is 2.89 bits per heavy atom. The molecule has 1 saturated carbocycles. The molecule has 1 amide bonds. The van der Waals surface area contributed by atoms with Gasteiger partial charge in [0.2, 0.25) is 0 Å². The van der Waals surface area contributed by atoms with Gasteiger partial charge in [-0.2, -0.15) is 0 Å². The van der Waals surface area contributed by atoms with Gasteiger partial charge < -0.3 is 10.6 Å². The van der Waals surface area contributed by atoms with Gasteiger partial charge in [0, 0.05) is 24.8 Å². The number of pyridine rings is 1. The molecule has 98 valence electrons. The van der Waals surface area contributed by atoms with Crippen LogP contribution in [0.5, 0.6) is 0 Å². The Kier molecular flexibility index (Phi) is 4.18. The van der Waals surface area contributed by atoms with Gasteiger partial charge in [0.1, 0.15) is 5.82 Å². The molecule has 1 aliphatic rings. The fourth-order valence-electron chi connectivity index (χ4n) is 2.49. The van der Waals surface area contributed by atoms with E-state index in [1.165, 1.54) is 19.3 Å². The van der Waals surface area contributed by atoms with Crippen molar-refractivity contribution in [3.8, 4) is 0 Å². The summed E-state index contributed by atoms with van der Waals surface area (Å²) in [6.45, 7) is 2.22. The first-order chi connectivity index (χ1) is 8.70. The number of nitrogens with one attached hydrogen (secondary N) is 2. The molecule has 1 aromatic rings. The maximum Gasteiger partial charge on any atom is 0.251 e. The molecule has 2 atom stereocenters. The molecule has 4 nitrogen and oxygen atoms in total. The third kappa shape index (κ3) is 3.00. The summed E-state index contributed by atoms with van der Waals surface area (Å²) in [5.74, 6) is 1.31. The Morgan fingerprint density at radius 2 is 2.17 bits per heavy atom. The summed E-state index contributed by atoms with van der Waals surface area (Å²) in [5.41, 5.74) is 0.673. The number of carbonyl (C=O) groups is 1. The van der Waals surface area contributed by atoms with E-state index in [4.69, 9.17) is 0 Å². The first-order valence-electron chi connectivity index (χ1n) is 6.65. The van der Waals surface area contributed by atoms with Crippen LogP contribution in [0.4, 0.5) is 5.82 Å². The number of carbonyl (C=O) groups excluding carboxylic acids is 1. The third-order valence-electron chi connectivity index (χ3n) is 3.71. The predicted molar refractivity (Wildman–Crippen MR) is 72.7 cm³/mol. The highest BCUT2D eigenvalue weighted by Gasteiger charge is 2.23. The number of nitrogens with zero attached hydrogens (tertiary/aromatic N) is 1. The van der Waals surface area contributed by atoms with Crippen LogP contribution in [0.1, 0.15) is 43.0 Å². The van der Waals surface area contributed by atoms with Gasteiger partial charge in [-0.3, -0.25) is 4.79 Å². The summed E-state index contributed by atoms with van der Waals surface area (Å²) in [6.07, 6.45) is 6.46. The van der Waals surface area contributed by atoms with Gasteiger partial charge in [-0.25, -0.2) is 4.98 Å². The molecule has 1 heterocycles. The molecule has 0 bridgehead atoms. The van der Waals surface area contributed by atoms with Gasteiger partial charge >= 0.3 is 0 Å². The normalized spacial score (nSPS) is 23.4. The summed E-state index contributed by atoms with van der Waals surface area (Å²) >= 11 is 0. The Balaban J connectivity index is 2.02. The molecular weight excluding hydrogens is 226 g/mol. The highest BCUT2D eigenvalue weighted by Crippen LogP contribution is 2.24. The zero-order valence-corrected chi connectivity index (χ0v) is 11.1. The van der Waals surface area contributed by atoms with Crippen LogP contribution in [-0.2, 0) is 0 Å². The van der Waals surface area contributed by atoms with Gasteiger partial charge in [-0.15, -0.1) is 0 Å². The average molecular weight is 247 g/mol. The summed E-state index contributed by atoms with van der Waals surface area (Å²) in [4.78, 5) is 16.3. The van der Waals surface area contributed by atoms with Crippen molar-refractivity contribution in [1.82, 2.24) is 10.3 Å². The Hall–Kier alpha value is -1.58. The summed E-state index contributed by atoms with van der Waals surface area (Å²) < 4.78 is 0. The zero-order chi connectivity index (χ0) is 13.0. The van der Waals surface area contributed by atoms with E-state index in [1.807, 2.05) is 0 Å². The Morgan fingerprint density at radius 1 is 1.39 bits per heavy atom. The second-order valence-corrected chi connectivity index (χ2v) is 5.02. The van der Waals surface area contributed by atoms with Crippen LogP contribution in [0.25, 0.3) is 0 Å². The van der Waals surface area contributed by atoms with E-state index in [1.54, 1.807) is 25.4 Å². The lowest BCUT2D eigenvalue weighted by Gasteiger charge is -2.29. The van der Waals surface area contributed by atoms with E-state index in [2.05, 4.69) is 22.5 Å². The molecule has 0 saturated heterocycles. The zero-order valence-electron chi connectivity index (χ0n) is 11.1. The lowest BCUT2D eigenvalue weighted by Crippen LogP contribution is -2.41. The SMILES string of the molecule is CNc1cc(C(=O)NC2CCCCC2C)ccn1. The smallest absolute Gasteiger partial charge is 0.251 e. The van der Waals surface area contributed by atoms with Crippen LogP contribution in [-0.4, -0.2) is 24.0 Å². The molecule has 1 aliphatic carbocycles. The van der Waals surface area contributed by atoms with E-state index in [-0.39, 0.29) is 5.91 Å². The van der Waals surface area contributed by atoms with Gasteiger partial charge in [0.15, 0.2) is 0 Å². The summed E-state index contributed by atoms with van der Waals surface area (Å²) in [6, 6.07) is 3.85. The number of rotatable bonds is 3. The first-order valence-corrected chi connectivity index (χ1v) is 6.65. The van der Waals surface area contributed by atoms with Crippen molar-refractivity contribution in [2.24, 2.45) is 5.92 Å². The minimum Gasteiger partial charge on any atom is -0.373 e. The third-order valence-corrected chi connectivity index (χ3v) is 3.71. The van der Waals surface area contributed by atoms with Crippen molar-refractivity contribution in [2.45, 2.75) is 38.6 Å². The maximum atomic E-state index is 12.2. The minimum atomic E-state index is 0.00708. The fourth-order valence-corrected chi connectivity index (χ4v) is 2.49. The van der Waals surface area contributed by atoms with Crippen LogP contribution in [0, 0.1) is 5.92 Å². The first kappa shape index (κ1) is 12.9. The van der Waals surface area contributed by atoms with Crippen LogP contribution >= 0.6 is 0 Å². The molecule has 0 spiro atoms. The quantitative estimate of drug-likeness (QED) is 0.862. The fraction of sp³-hybridized carbons (Fsp3) is 0.571. The minimum absolute atomic E-state index is 0.00708. The van der Waals surface area contributed by atoms with Crippen LogP contribution < -0.4 is 10.6 Å². The predicted octanol–water partition coefficient (Wildman–Crippen LogP) is 2.43. The van der Waals surface area contributed by atoms with Crippen molar-refractivity contribution in [3.05, 3.63) is 23.9 Å². The van der Waals surface area contributed by atoms with E-state index in [0.717, 1.165) is 12.2 Å². The van der Waals surface area contributed by atoms with E-state index in [0.29, 0.717) is 17.5 Å². The summed E-state index contributed by atoms with van der Waals surface area (Å²) in [7, 11) is 1.80. The number of amides is 1. The maximum absolute atomic E-state index is 12.2.